The quantitative estimate of drug-likeness (QED) is 0.542. The fourth-order valence-electron chi connectivity index (χ4n) is 2.03. The number of phenolic OH excluding ortho intramolecular Hbond substituents is 1. The molecule has 0 saturated heterocycles. The number of aromatic hydroxyl groups is 1. The van der Waals surface area contributed by atoms with Gasteiger partial charge in [0, 0.05) is 12.1 Å². The molecular weight excluding hydrogens is 304 g/mol. The van der Waals surface area contributed by atoms with Gasteiger partial charge in [-0.1, -0.05) is 0 Å². The van der Waals surface area contributed by atoms with E-state index < -0.39 is 30.2 Å². The van der Waals surface area contributed by atoms with Gasteiger partial charge in [0.05, 0.1) is 33.5 Å². The molecular formula is C16H18O7. The minimum Gasteiger partial charge on any atom is -0.507 e. The van der Waals surface area contributed by atoms with Crippen LogP contribution in [0.2, 0.25) is 0 Å². The molecule has 0 spiro atoms. The maximum absolute atomic E-state index is 12.2. The van der Waals surface area contributed by atoms with Crippen LogP contribution in [0.5, 0.6) is 17.2 Å². The van der Waals surface area contributed by atoms with Crippen LogP contribution in [0, 0.1) is 0 Å². The normalized spacial score (nSPS) is 10.0. The third-order valence-electron chi connectivity index (χ3n) is 2.99. The van der Waals surface area contributed by atoms with Crippen molar-refractivity contribution in [3.05, 3.63) is 17.7 Å². The zero-order valence-electron chi connectivity index (χ0n) is 13.2. The van der Waals surface area contributed by atoms with Gasteiger partial charge in [0.15, 0.2) is 5.78 Å². The summed E-state index contributed by atoms with van der Waals surface area (Å²) in [4.78, 5) is 46.2. The Kier molecular flexibility index (Phi) is 6.44. The number of carbonyl (C=O) groups excluding carboxylic acids is 4. The summed E-state index contributed by atoms with van der Waals surface area (Å²) in [6, 6.07) is 2.62. The first-order chi connectivity index (χ1) is 10.8. The van der Waals surface area contributed by atoms with Gasteiger partial charge in [-0.25, -0.2) is 0 Å². The van der Waals surface area contributed by atoms with Gasteiger partial charge >= 0.3 is 0 Å². The van der Waals surface area contributed by atoms with E-state index in [1.54, 1.807) is 0 Å². The maximum atomic E-state index is 12.2. The molecule has 0 aliphatic heterocycles. The van der Waals surface area contributed by atoms with Crippen molar-refractivity contribution in [2.24, 2.45) is 0 Å². The molecule has 0 aliphatic rings. The molecule has 0 atom stereocenters. The summed E-state index contributed by atoms with van der Waals surface area (Å²) in [5.74, 6) is -2.21. The molecule has 0 aliphatic carbocycles. The number of hydrogen-bond donors (Lipinski definition) is 1. The van der Waals surface area contributed by atoms with E-state index in [0.29, 0.717) is 5.75 Å². The fraction of sp³-hybridized carbons (Fsp3) is 0.375. The summed E-state index contributed by atoms with van der Waals surface area (Å²) < 4.78 is 9.97. The minimum atomic E-state index is -0.678. The molecule has 23 heavy (non-hydrogen) atoms. The van der Waals surface area contributed by atoms with Gasteiger partial charge in [-0.2, -0.15) is 0 Å². The number of methoxy groups -OCH3 is 2. The van der Waals surface area contributed by atoms with Gasteiger partial charge in [-0.15, -0.1) is 0 Å². The summed E-state index contributed by atoms with van der Waals surface area (Å²) in [7, 11) is 2.70. The first kappa shape index (κ1) is 18.3. The van der Waals surface area contributed by atoms with Crippen molar-refractivity contribution < 1.29 is 33.8 Å². The Hall–Kier alpha value is -2.70. The van der Waals surface area contributed by atoms with Crippen molar-refractivity contribution in [3.8, 4) is 17.2 Å². The number of carbonyl (C=O) groups is 4. The highest BCUT2D eigenvalue weighted by atomic mass is 16.5. The van der Waals surface area contributed by atoms with E-state index in [4.69, 9.17) is 9.47 Å². The molecule has 7 heteroatoms. The lowest BCUT2D eigenvalue weighted by Gasteiger charge is -2.11. The van der Waals surface area contributed by atoms with Crippen LogP contribution in [0.3, 0.4) is 0 Å². The molecule has 0 fully saturated rings. The van der Waals surface area contributed by atoms with Crippen LogP contribution in [0.4, 0.5) is 0 Å². The number of ether oxygens (including phenoxy) is 2. The van der Waals surface area contributed by atoms with E-state index in [0.717, 1.165) is 0 Å². The van der Waals surface area contributed by atoms with E-state index in [9.17, 15) is 24.3 Å². The summed E-state index contributed by atoms with van der Waals surface area (Å²) in [5, 5.41) is 9.91. The molecule has 7 nitrogen and oxygen atoms in total. The Morgan fingerprint density at radius 2 is 1.57 bits per heavy atom. The van der Waals surface area contributed by atoms with Gasteiger partial charge < -0.3 is 14.6 Å². The van der Waals surface area contributed by atoms with Crippen molar-refractivity contribution in [2.75, 3.05) is 14.2 Å². The second kappa shape index (κ2) is 8.07. The van der Waals surface area contributed by atoms with Crippen LogP contribution in [0.25, 0.3) is 0 Å². The predicted molar refractivity (Wildman–Crippen MR) is 80.1 cm³/mol. The standard InChI is InChI=1S/C16H18O7/c1-9(17)4-10(18)5-11(19)6-13(20)16-14(21)7-12(22-2)8-15(16)23-3/h7-8,21H,4-6H2,1-3H3. The van der Waals surface area contributed by atoms with Gasteiger partial charge in [0.1, 0.15) is 40.2 Å². The Morgan fingerprint density at radius 1 is 0.957 bits per heavy atom. The molecule has 0 radical (unpaired) electrons. The summed E-state index contributed by atoms with van der Waals surface area (Å²) in [6.07, 6.45) is -1.40. The van der Waals surface area contributed by atoms with Crippen molar-refractivity contribution in [2.45, 2.75) is 26.2 Å². The van der Waals surface area contributed by atoms with Crippen LogP contribution in [-0.4, -0.2) is 42.5 Å². The van der Waals surface area contributed by atoms with E-state index in [-0.39, 0.29) is 29.3 Å². The average molecular weight is 322 g/mol. The summed E-state index contributed by atoms with van der Waals surface area (Å²) >= 11 is 0. The number of hydrogen-bond acceptors (Lipinski definition) is 7. The second-order valence-corrected chi connectivity index (χ2v) is 4.96. The van der Waals surface area contributed by atoms with Gasteiger partial charge in [0.2, 0.25) is 0 Å². The van der Waals surface area contributed by atoms with Gasteiger partial charge in [-0.3, -0.25) is 19.2 Å². The van der Waals surface area contributed by atoms with Crippen LogP contribution >= 0.6 is 0 Å². The maximum Gasteiger partial charge on any atom is 0.177 e. The van der Waals surface area contributed by atoms with Crippen molar-refractivity contribution in [1.82, 2.24) is 0 Å². The minimum absolute atomic E-state index is 0.0645. The first-order valence-corrected chi connectivity index (χ1v) is 6.79. The highest BCUT2D eigenvalue weighted by Gasteiger charge is 2.22. The Morgan fingerprint density at radius 3 is 2.09 bits per heavy atom. The Balaban J connectivity index is 2.88. The van der Waals surface area contributed by atoms with E-state index in [1.807, 2.05) is 0 Å². The molecule has 1 aromatic carbocycles. The molecule has 124 valence electrons. The first-order valence-electron chi connectivity index (χ1n) is 6.79. The molecule has 1 N–H and O–H groups in total. The number of Topliss-reactive ketones (excluding diaryl/α,β-unsaturated/α-hetero) is 4. The lowest BCUT2D eigenvalue weighted by Crippen LogP contribution is -2.15. The van der Waals surface area contributed by atoms with E-state index >= 15 is 0 Å². The zero-order chi connectivity index (χ0) is 17.6. The lowest BCUT2D eigenvalue weighted by atomic mass is 10.00. The molecule has 1 aromatic rings. The zero-order valence-corrected chi connectivity index (χ0v) is 13.2. The molecule has 0 saturated carbocycles. The number of rotatable bonds is 9. The summed E-state index contributed by atoms with van der Waals surface area (Å²) in [5.41, 5.74) is -0.152. The predicted octanol–water partition coefficient (Wildman–Crippen LogP) is 1.49. The highest BCUT2D eigenvalue weighted by molar-refractivity contribution is 6.15. The van der Waals surface area contributed by atoms with E-state index in [2.05, 4.69) is 0 Å². The topological polar surface area (TPSA) is 107 Å². The van der Waals surface area contributed by atoms with Crippen LogP contribution in [0.1, 0.15) is 36.5 Å². The summed E-state index contributed by atoms with van der Waals surface area (Å²) in [6.45, 7) is 1.24. The Bertz CT molecular complexity index is 646. The second-order valence-electron chi connectivity index (χ2n) is 4.96. The third-order valence-corrected chi connectivity index (χ3v) is 2.99. The molecule has 0 amide bonds. The van der Waals surface area contributed by atoms with Crippen LogP contribution in [0.15, 0.2) is 12.1 Å². The average Bonchev–Trinajstić information content (AvgIpc) is 2.44. The van der Waals surface area contributed by atoms with Crippen molar-refractivity contribution in [1.29, 1.82) is 0 Å². The monoisotopic (exact) mass is 322 g/mol. The lowest BCUT2D eigenvalue weighted by molar-refractivity contribution is -0.129. The van der Waals surface area contributed by atoms with Gasteiger partial charge in [0.25, 0.3) is 0 Å². The molecule has 0 heterocycles. The molecule has 0 bridgehead atoms. The highest BCUT2D eigenvalue weighted by Crippen LogP contribution is 2.34. The SMILES string of the molecule is COc1cc(O)c(C(=O)CC(=O)CC(=O)CC(C)=O)c(OC)c1. The number of ketones is 4. The smallest absolute Gasteiger partial charge is 0.177 e. The molecule has 1 rings (SSSR count). The van der Waals surface area contributed by atoms with Gasteiger partial charge in [-0.05, 0) is 6.92 Å². The largest absolute Gasteiger partial charge is 0.507 e. The number of benzene rings is 1. The molecule has 0 unspecified atom stereocenters. The van der Waals surface area contributed by atoms with Crippen molar-refractivity contribution in [3.63, 3.8) is 0 Å². The fourth-order valence-corrected chi connectivity index (χ4v) is 2.03. The third kappa shape index (κ3) is 5.21. The number of phenols is 1. The van der Waals surface area contributed by atoms with Crippen molar-refractivity contribution >= 4 is 23.1 Å². The van der Waals surface area contributed by atoms with E-state index in [1.165, 1.54) is 33.3 Å². The van der Waals surface area contributed by atoms with Crippen LogP contribution < -0.4 is 9.47 Å². The van der Waals surface area contributed by atoms with Crippen LogP contribution in [-0.2, 0) is 14.4 Å². The Labute approximate surface area is 133 Å². The molecule has 0 aromatic heterocycles.